The Morgan fingerprint density at radius 1 is 1.72 bits per heavy atom. The van der Waals surface area contributed by atoms with Crippen LogP contribution in [0.3, 0.4) is 0 Å². The first-order chi connectivity index (χ1) is 8.70. The van der Waals surface area contributed by atoms with Crippen molar-refractivity contribution in [2.75, 3.05) is 19.6 Å². The van der Waals surface area contributed by atoms with Gasteiger partial charge in [-0.2, -0.15) is 0 Å². The van der Waals surface area contributed by atoms with Crippen molar-refractivity contribution >= 4 is 5.91 Å². The van der Waals surface area contributed by atoms with Crippen LogP contribution in [-0.2, 0) is 4.79 Å². The van der Waals surface area contributed by atoms with E-state index in [1.165, 1.54) is 0 Å². The molecule has 1 aromatic rings. The quantitative estimate of drug-likeness (QED) is 0.815. The molecule has 1 aliphatic heterocycles. The Labute approximate surface area is 107 Å². The second-order valence-electron chi connectivity index (χ2n) is 4.81. The van der Waals surface area contributed by atoms with Gasteiger partial charge in [0.2, 0.25) is 5.91 Å². The van der Waals surface area contributed by atoms with Crippen molar-refractivity contribution in [3.8, 4) is 0 Å². The fourth-order valence-corrected chi connectivity index (χ4v) is 2.45. The molecule has 2 heterocycles. The van der Waals surface area contributed by atoms with Gasteiger partial charge in [-0.3, -0.25) is 9.69 Å². The molecule has 5 nitrogen and oxygen atoms in total. The number of nitrogens with one attached hydrogen (secondary N) is 1. The summed E-state index contributed by atoms with van der Waals surface area (Å²) in [5, 5.41) is 2.94. The van der Waals surface area contributed by atoms with E-state index in [2.05, 4.69) is 10.2 Å². The van der Waals surface area contributed by atoms with Gasteiger partial charge in [-0.15, -0.1) is 0 Å². The van der Waals surface area contributed by atoms with E-state index in [1.807, 2.05) is 19.1 Å². The van der Waals surface area contributed by atoms with E-state index < -0.39 is 0 Å². The van der Waals surface area contributed by atoms with Crippen molar-refractivity contribution in [1.29, 1.82) is 0 Å². The molecule has 0 aliphatic carbocycles. The van der Waals surface area contributed by atoms with Crippen LogP contribution in [0.4, 0.5) is 0 Å². The minimum Gasteiger partial charge on any atom is -0.467 e. The van der Waals surface area contributed by atoms with Gasteiger partial charge >= 0.3 is 0 Å². The van der Waals surface area contributed by atoms with Gasteiger partial charge in [0.25, 0.3) is 0 Å². The van der Waals surface area contributed by atoms with Gasteiger partial charge in [0.05, 0.1) is 18.8 Å². The smallest absolute Gasteiger partial charge is 0.234 e. The van der Waals surface area contributed by atoms with Gasteiger partial charge in [0, 0.05) is 12.6 Å². The molecule has 0 saturated carbocycles. The molecule has 100 valence electrons. The Hall–Kier alpha value is -1.33. The summed E-state index contributed by atoms with van der Waals surface area (Å²) < 4.78 is 5.26. The standard InChI is InChI=1S/C13H21N3O2/c1-10(12-5-3-7-18-12)15-13(17)9-16-6-2-4-11(16)8-14/h3,5,7,10-11H,2,4,6,8-9,14H2,1H3,(H,15,17). The average molecular weight is 251 g/mol. The molecule has 18 heavy (non-hydrogen) atoms. The number of furan rings is 1. The third kappa shape index (κ3) is 3.11. The van der Waals surface area contributed by atoms with E-state index in [0.717, 1.165) is 25.1 Å². The molecule has 1 fully saturated rings. The SMILES string of the molecule is CC(NC(=O)CN1CCCC1CN)c1ccco1. The van der Waals surface area contributed by atoms with E-state index in [0.29, 0.717) is 19.1 Å². The molecule has 0 spiro atoms. The molecule has 2 rings (SSSR count). The molecular weight excluding hydrogens is 230 g/mol. The Balaban J connectivity index is 1.81. The zero-order chi connectivity index (χ0) is 13.0. The van der Waals surface area contributed by atoms with Gasteiger partial charge in [-0.05, 0) is 38.4 Å². The van der Waals surface area contributed by atoms with E-state index in [4.69, 9.17) is 10.2 Å². The number of carbonyl (C=O) groups excluding carboxylic acids is 1. The maximum Gasteiger partial charge on any atom is 0.234 e. The summed E-state index contributed by atoms with van der Waals surface area (Å²) in [5.74, 6) is 0.805. The van der Waals surface area contributed by atoms with Crippen LogP contribution in [0, 0.1) is 0 Å². The van der Waals surface area contributed by atoms with E-state index in [-0.39, 0.29) is 11.9 Å². The van der Waals surface area contributed by atoms with Crippen molar-refractivity contribution in [1.82, 2.24) is 10.2 Å². The zero-order valence-electron chi connectivity index (χ0n) is 10.8. The van der Waals surface area contributed by atoms with E-state index >= 15 is 0 Å². The molecule has 5 heteroatoms. The van der Waals surface area contributed by atoms with Crippen molar-refractivity contribution in [2.45, 2.75) is 31.8 Å². The van der Waals surface area contributed by atoms with E-state index in [1.54, 1.807) is 6.26 Å². The summed E-state index contributed by atoms with van der Waals surface area (Å²) in [6.07, 6.45) is 3.84. The van der Waals surface area contributed by atoms with Crippen molar-refractivity contribution < 1.29 is 9.21 Å². The van der Waals surface area contributed by atoms with Crippen LogP contribution in [0.5, 0.6) is 0 Å². The number of amides is 1. The lowest BCUT2D eigenvalue weighted by atomic mass is 10.2. The minimum absolute atomic E-state index is 0.0271. The molecular formula is C13H21N3O2. The molecule has 3 N–H and O–H groups in total. The fraction of sp³-hybridized carbons (Fsp3) is 0.615. The summed E-state index contributed by atoms with van der Waals surface area (Å²) in [5.41, 5.74) is 5.69. The second-order valence-corrected chi connectivity index (χ2v) is 4.81. The lowest BCUT2D eigenvalue weighted by Crippen LogP contribution is -2.43. The average Bonchev–Trinajstić information content (AvgIpc) is 2.98. The van der Waals surface area contributed by atoms with Crippen molar-refractivity contribution in [3.63, 3.8) is 0 Å². The lowest BCUT2D eigenvalue weighted by molar-refractivity contribution is -0.123. The first-order valence-electron chi connectivity index (χ1n) is 6.47. The second kappa shape index (κ2) is 6.02. The molecule has 0 bridgehead atoms. The third-order valence-electron chi connectivity index (χ3n) is 3.47. The van der Waals surface area contributed by atoms with Crippen LogP contribution in [0.2, 0.25) is 0 Å². The fourth-order valence-electron chi connectivity index (χ4n) is 2.45. The molecule has 1 aromatic heterocycles. The number of hydrogen-bond donors (Lipinski definition) is 2. The van der Waals surface area contributed by atoms with Crippen LogP contribution in [0.25, 0.3) is 0 Å². The Morgan fingerprint density at radius 3 is 3.22 bits per heavy atom. The Bertz CT molecular complexity index is 378. The van der Waals surface area contributed by atoms with E-state index in [9.17, 15) is 4.79 Å². The van der Waals surface area contributed by atoms with Gasteiger partial charge in [0.1, 0.15) is 5.76 Å². The summed E-state index contributed by atoms with van der Waals surface area (Å²) in [6, 6.07) is 3.95. The highest BCUT2D eigenvalue weighted by atomic mass is 16.3. The Morgan fingerprint density at radius 2 is 2.56 bits per heavy atom. The van der Waals surface area contributed by atoms with Crippen LogP contribution < -0.4 is 11.1 Å². The van der Waals surface area contributed by atoms with Gasteiger partial charge in [-0.25, -0.2) is 0 Å². The summed E-state index contributed by atoms with van der Waals surface area (Å²) in [4.78, 5) is 14.1. The van der Waals surface area contributed by atoms with Crippen LogP contribution in [-0.4, -0.2) is 36.5 Å². The summed E-state index contributed by atoms with van der Waals surface area (Å²) >= 11 is 0. The highest BCUT2D eigenvalue weighted by Crippen LogP contribution is 2.16. The predicted octanol–water partition coefficient (Wildman–Crippen LogP) is 0.880. The molecule has 2 unspecified atom stereocenters. The molecule has 1 aliphatic rings. The summed E-state index contributed by atoms with van der Waals surface area (Å²) in [6.45, 7) is 3.93. The number of rotatable bonds is 5. The first kappa shape index (κ1) is 13.1. The van der Waals surface area contributed by atoms with Gasteiger partial charge < -0.3 is 15.5 Å². The lowest BCUT2D eigenvalue weighted by Gasteiger charge is -2.23. The Kier molecular flexibility index (Phi) is 4.38. The zero-order valence-corrected chi connectivity index (χ0v) is 10.8. The maximum atomic E-state index is 11.9. The van der Waals surface area contributed by atoms with Crippen molar-refractivity contribution in [3.05, 3.63) is 24.2 Å². The maximum absolute atomic E-state index is 11.9. The largest absolute Gasteiger partial charge is 0.467 e. The number of nitrogens with two attached hydrogens (primary N) is 1. The molecule has 0 radical (unpaired) electrons. The highest BCUT2D eigenvalue weighted by molar-refractivity contribution is 5.78. The highest BCUT2D eigenvalue weighted by Gasteiger charge is 2.25. The minimum atomic E-state index is -0.0913. The normalized spacial score (nSPS) is 22.0. The number of likely N-dealkylation sites (tertiary alicyclic amines) is 1. The molecule has 1 saturated heterocycles. The predicted molar refractivity (Wildman–Crippen MR) is 68.9 cm³/mol. The molecule has 0 aromatic carbocycles. The van der Waals surface area contributed by atoms with Crippen LogP contribution in [0.1, 0.15) is 31.6 Å². The number of carbonyl (C=O) groups is 1. The molecule has 2 atom stereocenters. The summed E-state index contributed by atoms with van der Waals surface area (Å²) in [7, 11) is 0. The van der Waals surface area contributed by atoms with Crippen LogP contribution >= 0.6 is 0 Å². The molecule has 1 amide bonds. The number of nitrogens with zero attached hydrogens (tertiary/aromatic N) is 1. The monoisotopic (exact) mass is 251 g/mol. The number of hydrogen-bond acceptors (Lipinski definition) is 4. The van der Waals surface area contributed by atoms with Crippen LogP contribution in [0.15, 0.2) is 22.8 Å². The van der Waals surface area contributed by atoms with Crippen molar-refractivity contribution in [2.24, 2.45) is 5.73 Å². The third-order valence-corrected chi connectivity index (χ3v) is 3.47. The topological polar surface area (TPSA) is 71.5 Å². The first-order valence-corrected chi connectivity index (χ1v) is 6.47. The van der Waals surface area contributed by atoms with Gasteiger partial charge in [0.15, 0.2) is 0 Å². The van der Waals surface area contributed by atoms with Gasteiger partial charge in [-0.1, -0.05) is 0 Å².